The fourth-order valence-corrected chi connectivity index (χ4v) is 3.07. The fraction of sp³-hybridized carbons (Fsp3) is 0.294. The summed E-state index contributed by atoms with van der Waals surface area (Å²) >= 11 is 0. The molecule has 0 bridgehead atoms. The van der Waals surface area contributed by atoms with E-state index in [0.717, 1.165) is 0 Å². The minimum atomic E-state index is -1.26. The van der Waals surface area contributed by atoms with E-state index in [4.69, 9.17) is 9.84 Å². The second-order valence-electron chi connectivity index (χ2n) is 6.28. The lowest BCUT2D eigenvalue weighted by Crippen LogP contribution is -2.33. The molecule has 11 nitrogen and oxygen atoms in total. The van der Waals surface area contributed by atoms with Crippen LogP contribution in [0, 0.1) is 0 Å². The molecule has 0 unspecified atom stereocenters. The molecule has 5 N–H and O–H groups in total. The lowest BCUT2D eigenvalue weighted by molar-refractivity contribution is -0.0511. The van der Waals surface area contributed by atoms with Crippen molar-refractivity contribution >= 4 is 28.6 Å². The highest BCUT2D eigenvalue weighted by Gasteiger charge is 2.44. The molecule has 146 valence electrons. The van der Waals surface area contributed by atoms with Crippen molar-refractivity contribution in [3.63, 3.8) is 0 Å². The van der Waals surface area contributed by atoms with E-state index in [1.165, 1.54) is 29.4 Å². The van der Waals surface area contributed by atoms with Crippen molar-refractivity contribution < 1.29 is 30.0 Å². The van der Waals surface area contributed by atoms with Gasteiger partial charge in [-0.25, -0.2) is 19.7 Å². The van der Waals surface area contributed by atoms with Crippen molar-refractivity contribution in [2.24, 2.45) is 0 Å². The van der Waals surface area contributed by atoms with E-state index in [1.54, 1.807) is 12.1 Å². The molecule has 1 saturated heterocycles. The zero-order valence-electron chi connectivity index (χ0n) is 14.4. The van der Waals surface area contributed by atoms with Gasteiger partial charge in [0.1, 0.15) is 24.6 Å². The molecule has 0 amide bonds. The number of hydrogen-bond acceptors (Lipinski definition) is 9. The van der Waals surface area contributed by atoms with Crippen LogP contribution in [0.25, 0.3) is 11.2 Å². The van der Waals surface area contributed by atoms with E-state index in [9.17, 15) is 20.1 Å². The van der Waals surface area contributed by atoms with Crippen molar-refractivity contribution in [2.45, 2.75) is 24.5 Å². The van der Waals surface area contributed by atoms with E-state index in [2.05, 4.69) is 20.3 Å². The molecule has 1 aliphatic rings. The number of imidazole rings is 1. The fourth-order valence-electron chi connectivity index (χ4n) is 3.07. The first kappa shape index (κ1) is 18.3. The topological polar surface area (TPSA) is 163 Å². The molecule has 1 fully saturated rings. The summed E-state index contributed by atoms with van der Waals surface area (Å²) in [4.78, 5) is 23.5. The number of aromatic carboxylic acids is 1. The van der Waals surface area contributed by atoms with Crippen LogP contribution in [0.1, 0.15) is 16.6 Å². The van der Waals surface area contributed by atoms with Crippen molar-refractivity contribution in [3.05, 3.63) is 42.5 Å². The number of rotatable bonds is 5. The van der Waals surface area contributed by atoms with Crippen molar-refractivity contribution in [1.29, 1.82) is 0 Å². The Hall–Kier alpha value is -3.12. The number of anilines is 2. The average Bonchev–Trinajstić information content (AvgIpc) is 3.24. The third-order valence-corrected chi connectivity index (χ3v) is 4.54. The van der Waals surface area contributed by atoms with Gasteiger partial charge < -0.3 is 30.5 Å². The smallest absolute Gasteiger partial charge is 0.335 e. The molecular weight excluding hydrogens is 370 g/mol. The monoisotopic (exact) mass is 387 g/mol. The molecule has 4 rings (SSSR count). The Morgan fingerprint density at radius 2 is 1.89 bits per heavy atom. The number of carboxylic acid groups (broad SMARTS) is 1. The number of aromatic nitrogens is 4. The number of benzene rings is 1. The molecule has 28 heavy (non-hydrogen) atoms. The van der Waals surface area contributed by atoms with Crippen LogP contribution in [0.4, 0.5) is 11.5 Å². The maximum Gasteiger partial charge on any atom is 0.335 e. The SMILES string of the molecule is O=C(O)c1ccc(Nc2ncnc3c2ncn3[C@@H]2O[C@H](CO)[C@@H](O)[C@H]2O)cc1. The largest absolute Gasteiger partial charge is 0.478 e. The maximum absolute atomic E-state index is 10.9. The summed E-state index contributed by atoms with van der Waals surface area (Å²) in [6, 6.07) is 6.11. The molecule has 3 heterocycles. The molecule has 0 saturated carbocycles. The predicted molar refractivity (Wildman–Crippen MR) is 95.0 cm³/mol. The molecule has 0 radical (unpaired) electrons. The van der Waals surface area contributed by atoms with Crippen LogP contribution in [0.5, 0.6) is 0 Å². The van der Waals surface area contributed by atoms with E-state index in [-0.39, 0.29) is 5.56 Å². The van der Waals surface area contributed by atoms with Crippen LogP contribution < -0.4 is 5.32 Å². The Kier molecular flexibility index (Phi) is 4.65. The van der Waals surface area contributed by atoms with Crippen molar-refractivity contribution in [2.75, 3.05) is 11.9 Å². The molecule has 0 spiro atoms. The zero-order chi connectivity index (χ0) is 19.8. The number of ether oxygens (including phenoxy) is 1. The minimum Gasteiger partial charge on any atom is -0.478 e. The molecule has 1 aromatic carbocycles. The number of hydrogen-bond donors (Lipinski definition) is 5. The van der Waals surface area contributed by atoms with Gasteiger partial charge in [-0.3, -0.25) is 4.57 Å². The van der Waals surface area contributed by atoms with Crippen molar-refractivity contribution in [3.8, 4) is 0 Å². The van der Waals surface area contributed by atoms with E-state index < -0.39 is 37.1 Å². The molecular formula is C17H17N5O6. The van der Waals surface area contributed by atoms with Crippen LogP contribution in [0.3, 0.4) is 0 Å². The quantitative estimate of drug-likeness (QED) is 0.399. The Balaban J connectivity index is 1.65. The number of nitrogens with one attached hydrogen (secondary N) is 1. The Morgan fingerprint density at radius 3 is 2.54 bits per heavy atom. The first-order valence-electron chi connectivity index (χ1n) is 8.40. The van der Waals surface area contributed by atoms with Gasteiger partial charge in [-0.2, -0.15) is 0 Å². The minimum absolute atomic E-state index is 0.159. The highest BCUT2D eigenvalue weighted by Crippen LogP contribution is 2.32. The third-order valence-electron chi connectivity index (χ3n) is 4.54. The Bertz CT molecular complexity index is 1010. The van der Waals surface area contributed by atoms with Crippen LogP contribution in [0.15, 0.2) is 36.9 Å². The number of fused-ring (bicyclic) bond motifs is 1. The highest BCUT2D eigenvalue weighted by molar-refractivity contribution is 5.89. The second-order valence-corrected chi connectivity index (χ2v) is 6.28. The molecule has 4 atom stereocenters. The maximum atomic E-state index is 10.9. The lowest BCUT2D eigenvalue weighted by Gasteiger charge is -2.16. The van der Waals surface area contributed by atoms with Gasteiger partial charge in [-0.1, -0.05) is 0 Å². The normalized spacial score (nSPS) is 24.5. The molecule has 0 aliphatic carbocycles. The van der Waals surface area contributed by atoms with E-state index in [0.29, 0.717) is 22.7 Å². The number of nitrogens with zero attached hydrogens (tertiary/aromatic N) is 4. The highest BCUT2D eigenvalue weighted by atomic mass is 16.6. The Morgan fingerprint density at radius 1 is 1.14 bits per heavy atom. The van der Waals surface area contributed by atoms with Gasteiger partial charge in [-0.05, 0) is 24.3 Å². The lowest BCUT2D eigenvalue weighted by atomic mass is 10.1. The van der Waals surface area contributed by atoms with Crippen LogP contribution in [-0.4, -0.2) is 70.8 Å². The van der Waals surface area contributed by atoms with E-state index >= 15 is 0 Å². The summed E-state index contributed by atoms with van der Waals surface area (Å²) in [6.07, 6.45) is -1.67. The van der Waals surface area contributed by atoms with Gasteiger partial charge in [0.2, 0.25) is 0 Å². The van der Waals surface area contributed by atoms with Crippen molar-refractivity contribution in [1.82, 2.24) is 19.5 Å². The number of aliphatic hydroxyl groups excluding tert-OH is 3. The van der Waals surface area contributed by atoms with Gasteiger partial charge in [-0.15, -0.1) is 0 Å². The Labute approximate surface area is 157 Å². The predicted octanol–water partition coefficient (Wildman–Crippen LogP) is -0.120. The molecule has 1 aliphatic heterocycles. The van der Waals surface area contributed by atoms with Crippen LogP contribution in [0.2, 0.25) is 0 Å². The zero-order valence-corrected chi connectivity index (χ0v) is 14.4. The summed E-state index contributed by atoms with van der Waals surface area (Å²) in [5.74, 6) is -0.646. The number of aliphatic hydroxyl groups is 3. The summed E-state index contributed by atoms with van der Waals surface area (Å²) in [7, 11) is 0. The van der Waals surface area contributed by atoms with Gasteiger partial charge in [0.05, 0.1) is 18.5 Å². The summed E-state index contributed by atoms with van der Waals surface area (Å²) in [5.41, 5.74) is 1.51. The third kappa shape index (κ3) is 3.05. The summed E-state index contributed by atoms with van der Waals surface area (Å²) in [6.45, 7) is -0.435. The van der Waals surface area contributed by atoms with Gasteiger partial charge in [0.25, 0.3) is 0 Å². The molecule has 2 aromatic heterocycles. The summed E-state index contributed by atoms with van der Waals surface area (Å²) < 4.78 is 6.98. The number of carbonyl (C=O) groups is 1. The van der Waals surface area contributed by atoms with Gasteiger partial charge in [0, 0.05) is 5.69 Å². The second kappa shape index (κ2) is 7.13. The molecule has 3 aromatic rings. The first-order valence-corrected chi connectivity index (χ1v) is 8.40. The molecule has 11 heteroatoms. The average molecular weight is 387 g/mol. The van der Waals surface area contributed by atoms with Gasteiger partial charge in [0.15, 0.2) is 23.2 Å². The summed E-state index contributed by atoms with van der Waals surface area (Å²) in [5, 5.41) is 41.4. The first-order chi connectivity index (χ1) is 13.5. The van der Waals surface area contributed by atoms with E-state index in [1.807, 2.05) is 0 Å². The standard InChI is InChI=1S/C17H17N5O6/c23-5-10-12(24)13(25)16(28-10)22-7-20-11-14(18-6-19-15(11)22)21-9-3-1-8(2-4-9)17(26)27/h1-4,6-7,10,12-13,16,23-25H,5H2,(H,26,27)(H,18,19,21)/t10-,12-,13-,16-/m1/s1. The number of carboxylic acids is 1. The van der Waals surface area contributed by atoms with Crippen LogP contribution >= 0.6 is 0 Å². The van der Waals surface area contributed by atoms with Crippen LogP contribution in [-0.2, 0) is 4.74 Å². The van der Waals surface area contributed by atoms with Gasteiger partial charge >= 0.3 is 5.97 Å².